The quantitative estimate of drug-likeness (QED) is 0.624. The van der Waals surface area contributed by atoms with Crippen molar-refractivity contribution in [2.45, 2.75) is 0 Å². The molecule has 0 radical (unpaired) electrons. The minimum Gasteiger partial charge on any atom is -0.480 e. The van der Waals surface area contributed by atoms with Crippen LogP contribution in [0.4, 0.5) is 0 Å². The molecule has 0 aromatic carbocycles. The van der Waals surface area contributed by atoms with Gasteiger partial charge in [-0.25, -0.2) is 30.1 Å². The van der Waals surface area contributed by atoms with Crippen LogP contribution in [0.5, 0.6) is 0 Å². The lowest BCUT2D eigenvalue weighted by Gasteiger charge is -1.73. The van der Waals surface area contributed by atoms with E-state index in [-0.39, 0.29) is 6.54 Å². The number of rotatable bonds is 1. The molecule has 0 saturated carbocycles. The fourth-order valence-electron chi connectivity index (χ4n) is 0. The molecule has 0 aliphatic heterocycles. The van der Waals surface area contributed by atoms with E-state index in [1.54, 1.807) is 0 Å². The van der Waals surface area contributed by atoms with Gasteiger partial charge in [-0.1, -0.05) is 0 Å². The van der Waals surface area contributed by atoms with Gasteiger partial charge in [0.15, 0.2) is 0 Å². The van der Waals surface area contributed by atoms with Gasteiger partial charge in [-0.05, 0) is 0 Å². The molecule has 0 spiro atoms. The van der Waals surface area contributed by atoms with Gasteiger partial charge in [0.05, 0.1) is 6.54 Å². The Balaban J connectivity index is 0. The number of carbonyl (C=O) groups is 1. The molecule has 0 saturated heterocycles. The van der Waals surface area contributed by atoms with Crippen LogP contribution < -0.4 is 5.73 Å². The lowest BCUT2D eigenvalue weighted by Crippen LogP contribution is -2.10. The van der Waals surface area contributed by atoms with Crippen molar-refractivity contribution >= 4 is 47.5 Å². The molecule has 0 aliphatic rings. The van der Waals surface area contributed by atoms with E-state index in [4.69, 9.17) is 35.3 Å². The topological polar surface area (TPSA) is 63.3 Å². The second-order valence-corrected chi connectivity index (χ2v) is 7.28. The molecule has 0 aromatic heterocycles. The predicted molar refractivity (Wildman–Crippen MR) is 40.0 cm³/mol. The van der Waals surface area contributed by atoms with E-state index in [1.807, 2.05) is 0 Å². The zero-order chi connectivity index (χ0) is 7.86. The maximum absolute atomic E-state index is 9.24. The summed E-state index contributed by atoms with van der Waals surface area (Å²) in [6.45, 7) is -0.278. The molecule has 9 heavy (non-hydrogen) atoms. The average Bonchev–Trinajstić information content (AvgIpc) is 1.65. The molecule has 0 heterocycles. The van der Waals surface area contributed by atoms with E-state index in [0.29, 0.717) is 0 Å². The van der Waals surface area contributed by atoms with Gasteiger partial charge in [-0.3, -0.25) is 4.79 Å². The van der Waals surface area contributed by atoms with Gasteiger partial charge in [0.25, 0.3) is 0 Å². The number of hydrogen-bond acceptors (Lipinski definition) is 2. The van der Waals surface area contributed by atoms with Gasteiger partial charge >= 0.3 is 17.4 Å². The Hall–Kier alpha value is 0.832. The van der Waals surface area contributed by atoms with Gasteiger partial charge in [-0.2, -0.15) is 0 Å². The molecule has 0 unspecified atom stereocenters. The third-order valence-electron chi connectivity index (χ3n) is 0.175. The maximum Gasteiger partial charge on any atom is 0.643 e. The fourth-order valence-corrected chi connectivity index (χ4v) is 0. The number of nitrogens with two attached hydrogens (primary N) is 1. The molecule has 0 rings (SSSR count). The molecule has 0 fully saturated rings. The van der Waals surface area contributed by atoms with Crippen LogP contribution in [0, 0.1) is 0 Å². The number of hydrogen-bond donors (Lipinski definition) is 2. The number of halogens is 3. The lowest BCUT2D eigenvalue weighted by atomic mass is 10.7. The summed E-state index contributed by atoms with van der Waals surface area (Å²) in [5, 5.41) is 7.60. The van der Waals surface area contributed by atoms with Gasteiger partial charge in [-0.15, -0.1) is 0 Å². The summed E-state index contributed by atoms with van der Waals surface area (Å²) in [4.78, 5) is 9.24. The maximum atomic E-state index is 9.24. The van der Waals surface area contributed by atoms with E-state index in [2.05, 4.69) is 5.73 Å². The molecular formula is C2H5AlCl3NO2. The van der Waals surface area contributed by atoms with Crippen LogP contribution in [-0.4, -0.2) is 29.0 Å². The highest BCUT2D eigenvalue weighted by Crippen LogP contribution is 1.97. The third kappa shape index (κ3) is 51.4. The summed E-state index contributed by atoms with van der Waals surface area (Å²) in [6, 6.07) is 0. The molecule has 54 valence electrons. The number of carboxylic acid groups (broad SMARTS) is 1. The summed E-state index contributed by atoms with van der Waals surface area (Å²) in [7, 11) is 14.8. The Morgan fingerprint density at radius 1 is 1.56 bits per heavy atom. The fraction of sp³-hybridized carbons (Fsp3) is 0.500. The Kier molecular flexibility index (Phi) is 12.3. The van der Waals surface area contributed by atoms with E-state index < -0.39 is 17.4 Å². The molecule has 0 aliphatic carbocycles. The Labute approximate surface area is 69.7 Å². The highest BCUT2D eigenvalue weighted by Gasteiger charge is 2.00. The van der Waals surface area contributed by atoms with Crippen LogP contribution in [0.15, 0.2) is 0 Å². The molecule has 3 nitrogen and oxygen atoms in total. The minimum atomic E-state index is -1.72. The summed E-state index contributed by atoms with van der Waals surface area (Å²) < 4.78 is 0. The Morgan fingerprint density at radius 3 is 1.67 bits per heavy atom. The molecule has 0 amide bonds. The average molecular weight is 208 g/mol. The monoisotopic (exact) mass is 207 g/mol. The van der Waals surface area contributed by atoms with Crippen molar-refractivity contribution < 1.29 is 9.90 Å². The SMILES string of the molecule is NCC(=O)O.[Cl][Al]([Cl])[Cl]. The Bertz CT molecular complexity index is 77.5. The first-order chi connectivity index (χ1) is 4.00. The summed E-state index contributed by atoms with van der Waals surface area (Å²) in [5.41, 5.74) is 4.57. The largest absolute Gasteiger partial charge is 0.643 e. The van der Waals surface area contributed by atoms with Gasteiger partial charge in [0.2, 0.25) is 0 Å². The van der Waals surface area contributed by atoms with Crippen LogP contribution in [-0.2, 0) is 4.79 Å². The highest BCUT2D eigenvalue weighted by atomic mass is 35.8. The third-order valence-corrected chi connectivity index (χ3v) is 0.175. The summed E-state index contributed by atoms with van der Waals surface area (Å²) in [5.74, 6) is -0.968. The van der Waals surface area contributed by atoms with Crippen molar-refractivity contribution in [3.8, 4) is 0 Å². The summed E-state index contributed by atoms with van der Waals surface area (Å²) >= 11 is -1.72. The molecule has 0 bridgehead atoms. The number of aliphatic carboxylic acids is 1. The van der Waals surface area contributed by atoms with Gasteiger partial charge in [0.1, 0.15) is 0 Å². The predicted octanol–water partition coefficient (Wildman–Crippen LogP) is 0.717. The second kappa shape index (κ2) is 8.83. The van der Waals surface area contributed by atoms with Crippen LogP contribution in [0.3, 0.4) is 0 Å². The molecule has 7 heteroatoms. The van der Waals surface area contributed by atoms with Crippen molar-refractivity contribution in [1.29, 1.82) is 0 Å². The van der Waals surface area contributed by atoms with E-state index in [1.165, 1.54) is 0 Å². The van der Waals surface area contributed by atoms with Crippen molar-refractivity contribution in [2.75, 3.05) is 6.54 Å². The van der Waals surface area contributed by atoms with Crippen LogP contribution in [0.1, 0.15) is 0 Å². The first-order valence-electron chi connectivity index (χ1n) is 1.84. The van der Waals surface area contributed by atoms with Crippen molar-refractivity contribution in [1.82, 2.24) is 0 Å². The first-order valence-corrected chi connectivity index (χ1v) is 7.08. The van der Waals surface area contributed by atoms with E-state index >= 15 is 0 Å². The number of carboxylic acids is 1. The lowest BCUT2D eigenvalue weighted by molar-refractivity contribution is -0.135. The smallest absolute Gasteiger partial charge is 0.480 e. The van der Waals surface area contributed by atoms with Crippen molar-refractivity contribution in [2.24, 2.45) is 5.73 Å². The molecule has 3 N–H and O–H groups in total. The highest BCUT2D eigenvalue weighted by molar-refractivity contribution is 7.54. The van der Waals surface area contributed by atoms with Crippen LogP contribution in [0.2, 0.25) is 0 Å². The normalized spacial score (nSPS) is 7.11. The molecule has 0 atom stereocenters. The standard InChI is InChI=1S/C2H5NO2.Al.3ClH/c3-1-2(4)5;;;;/h1,3H2,(H,4,5);;3*1H/q;+3;;;/p-3. The van der Waals surface area contributed by atoms with E-state index in [9.17, 15) is 4.79 Å². The van der Waals surface area contributed by atoms with Crippen LogP contribution >= 0.6 is 30.1 Å². The van der Waals surface area contributed by atoms with Crippen LogP contribution in [0.25, 0.3) is 0 Å². The van der Waals surface area contributed by atoms with Gasteiger partial charge < -0.3 is 10.8 Å². The first kappa shape index (κ1) is 12.5. The van der Waals surface area contributed by atoms with Crippen molar-refractivity contribution in [3.05, 3.63) is 0 Å². The van der Waals surface area contributed by atoms with Gasteiger partial charge in [0, 0.05) is 0 Å². The Morgan fingerprint density at radius 2 is 1.67 bits per heavy atom. The zero-order valence-electron chi connectivity index (χ0n) is 4.35. The molecular weight excluding hydrogens is 203 g/mol. The van der Waals surface area contributed by atoms with E-state index in [0.717, 1.165) is 0 Å². The minimum absolute atomic E-state index is 0.278. The summed E-state index contributed by atoms with van der Waals surface area (Å²) in [6.07, 6.45) is 0. The van der Waals surface area contributed by atoms with Crippen molar-refractivity contribution in [3.63, 3.8) is 0 Å². The molecule has 0 aromatic rings. The zero-order valence-corrected chi connectivity index (χ0v) is 7.77. The second-order valence-electron chi connectivity index (χ2n) is 0.845.